The van der Waals surface area contributed by atoms with Crippen molar-refractivity contribution >= 4 is 12.0 Å². The maximum absolute atomic E-state index is 12.5. The third kappa shape index (κ3) is 3.37. The Balaban J connectivity index is 1.85. The second-order valence-corrected chi connectivity index (χ2v) is 5.40. The summed E-state index contributed by atoms with van der Waals surface area (Å²) in [6, 6.07) is 0.261. The van der Waals surface area contributed by atoms with Crippen LogP contribution in [-0.2, 0) is 9.53 Å². The van der Waals surface area contributed by atoms with Crippen LogP contribution in [0, 0.1) is 5.92 Å². The molecule has 2 N–H and O–H groups in total. The summed E-state index contributed by atoms with van der Waals surface area (Å²) in [6.07, 6.45) is 2.39. The van der Waals surface area contributed by atoms with Gasteiger partial charge in [0.05, 0.1) is 19.1 Å². The molecule has 3 atom stereocenters. The number of nitrogens with zero attached hydrogens (tertiary/aromatic N) is 1. The van der Waals surface area contributed by atoms with Crippen molar-refractivity contribution in [3.05, 3.63) is 0 Å². The molecule has 0 aromatic carbocycles. The number of hydrogen-bond acceptors (Lipinski definition) is 4. The van der Waals surface area contributed by atoms with Crippen LogP contribution in [0.2, 0.25) is 0 Å². The van der Waals surface area contributed by atoms with Crippen molar-refractivity contribution in [2.45, 2.75) is 38.3 Å². The Kier molecular flexibility index (Phi) is 4.63. The van der Waals surface area contributed by atoms with Gasteiger partial charge in [0.1, 0.15) is 0 Å². The molecule has 2 heterocycles. The largest absolute Gasteiger partial charge is 0.453 e. The molecule has 19 heavy (non-hydrogen) atoms. The van der Waals surface area contributed by atoms with E-state index in [-0.39, 0.29) is 23.9 Å². The van der Waals surface area contributed by atoms with Crippen LogP contribution in [0.1, 0.15) is 26.2 Å². The molecule has 108 valence electrons. The molecule has 2 aliphatic rings. The van der Waals surface area contributed by atoms with Gasteiger partial charge in [0.25, 0.3) is 0 Å². The van der Waals surface area contributed by atoms with E-state index in [4.69, 9.17) is 0 Å². The summed E-state index contributed by atoms with van der Waals surface area (Å²) in [6.45, 7) is 4.38. The fraction of sp³-hybridized carbons (Fsp3) is 0.846. The number of alkyl carbamates (subject to hydrolysis) is 1. The molecule has 0 saturated carbocycles. The fourth-order valence-corrected chi connectivity index (χ4v) is 2.92. The zero-order valence-corrected chi connectivity index (χ0v) is 11.6. The van der Waals surface area contributed by atoms with Gasteiger partial charge in [-0.3, -0.25) is 4.79 Å². The van der Waals surface area contributed by atoms with E-state index in [0.29, 0.717) is 6.54 Å². The second-order valence-electron chi connectivity index (χ2n) is 5.40. The molecule has 0 bridgehead atoms. The lowest BCUT2D eigenvalue weighted by Gasteiger charge is -2.32. The predicted octanol–water partition coefficient (Wildman–Crippen LogP) is 0.331. The maximum atomic E-state index is 12.5. The first-order valence-electron chi connectivity index (χ1n) is 6.98. The third-order valence-corrected chi connectivity index (χ3v) is 4.09. The van der Waals surface area contributed by atoms with Crippen molar-refractivity contribution in [1.82, 2.24) is 15.5 Å². The Morgan fingerprint density at radius 2 is 2.16 bits per heavy atom. The molecule has 2 saturated heterocycles. The average Bonchev–Trinajstić information content (AvgIpc) is 2.87. The molecule has 2 fully saturated rings. The van der Waals surface area contributed by atoms with Crippen LogP contribution >= 0.6 is 0 Å². The molecule has 6 nitrogen and oxygen atoms in total. The summed E-state index contributed by atoms with van der Waals surface area (Å²) in [7, 11) is 1.35. The summed E-state index contributed by atoms with van der Waals surface area (Å²) in [4.78, 5) is 25.5. The molecule has 2 amide bonds. The molecule has 0 aliphatic carbocycles. The summed E-state index contributed by atoms with van der Waals surface area (Å²) in [5.74, 6) is 0.291. The van der Waals surface area contributed by atoms with Crippen LogP contribution < -0.4 is 10.6 Å². The van der Waals surface area contributed by atoms with E-state index in [9.17, 15) is 9.59 Å². The zero-order chi connectivity index (χ0) is 13.8. The van der Waals surface area contributed by atoms with E-state index in [1.165, 1.54) is 7.11 Å². The number of carbonyl (C=O) groups excluding carboxylic acids is 2. The number of piperidine rings is 1. The summed E-state index contributed by atoms with van der Waals surface area (Å²) in [5.41, 5.74) is 0. The number of amides is 2. The number of rotatable bonds is 2. The SMILES string of the molecule is COC(=O)NC1CCN(C(=O)C2CCCNC2C)C1. The normalized spacial score (nSPS) is 31.1. The Labute approximate surface area is 113 Å². The molecule has 6 heteroatoms. The predicted molar refractivity (Wildman–Crippen MR) is 70.7 cm³/mol. The third-order valence-electron chi connectivity index (χ3n) is 4.09. The molecule has 0 aromatic rings. The lowest BCUT2D eigenvalue weighted by Crippen LogP contribution is -2.48. The highest BCUT2D eigenvalue weighted by Gasteiger charge is 2.35. The molecule has 0 spiro atoms. The zero-order valence-electron chi connectivity index (χ0n) is 11.6. The van der Waals surface area contributed by atoms with Crippen molar-refractivity contribution in [2.24, 2.45) is 5.92 Å². The Hall–Kier alpha value is -1.30. The van der Waals surface area contributed by atoms with Gasteiger partial charge >= 0.3 is 6.09 Å². The highest BCUT2D eigenvalue weighted by Crippen LogP contribution is 2.21. The summed E-state index contributed by atoms with van der Waals surface area (Å²) in [5, 5.41) is 6.11. The molecular formula is C13H23N3O3. The minimum absolute atomic E-state index is 0.0169. The number of nitrogens with one attached hydrogen (secondary N) is 2. The minimum Gasteiger partial charge on any atom is -0.453 e. The Bertz CT molecular complexity index is 348. The first kappa shape index (κ1) is 14.1. The van der Waals surface area contributed by atoms with E-state index in [1.54, 1.807) is 0 Å². The van der Waals surface area contributed by atoms with Crippen molar-refractivity contribution in [2.75, 3.05) is 26.7 Å². The molecule has 0 radical (unpaired) electrons. The van der Waals surface area contributed by atoms with Crippen LogP contribution in [0.4, 0.5) is 4.79 Å². The lowest BCUT2D eigenvalue weighted by molar-refractivity contribution is -0.136. The van der Waals surface area contributed by atoms with E-state index in [1.807, 2.05) is 4.90 Å². The topological polar surface area (TPSA) is 70.7 Å². The van der Waals surface area contributed by atoms with Crippen molar-refractivity contribution in [1.29, 1.82) is 0 Å². The van der Waals surface area contributed by atoms with E-state index < -0.39 is 6.09 Å². The van der Waals surface area contributed by atoms with Gasteiger partial charge in [-0.15, -0.1) is 0 Å². The van der Waals surface area contributed by atoms with Crippen LogP contribution in [0.25, 0.3) is 0 Å². The smallest absolute Gasteiger partial charge is 0.407 e. The molecule has 3 unspecified atom stereocenters. The van der Waals surface area contributed by atoms with Crippen LogP contribution in [0.15, 0.2) is 0 Å². The van der Waals surface area contributed by atoms with Crippen LogP contribution in [0.5, 0.6) is 0 Å². The second kappa shape index (κ2) is 6.23. The van der Waals surface area contributed by atoms with Gasteiger partial charge in [0.15, 0.2) is 0 Å². The van der Waals surface area contributed by atoms with Crippen molar-refractivity contribution < 1.29 is 14.3 Å². The number of carbonyl (C=O) groups is 2. The molecule has 2 aliphatic heterocycles. The van der Waals surface area contributed by atoms with Crippen molar-refractivity contribution in [3.8, 4) is 0 Å². The Morgan fingerprint density at radius 1 is 1.37 bits per heavy atom. The summed E-state index contributed by atoms with van der Waals surface area (Å²) < 4.78 is 4.58. The van der Waals surface area contributed by atoms with Gasteiger partial charge in [0.2, 0.25) is 5.91 Å². The van der Waals surface area contributed by atoms with Crippen molar-refractivity contribution in [3.63, 3.8) is 0 Å². The van der Waals surface area contributed by atoms with Gasteiger partial charge in [-0.25, -0.2) is 4.79 Å². The number of hydrogen-bond donors (Lipinski definition) is 2. The number of likely N-dealkylation sites (tertiary alicyclic amines) is 1. The van der Waals surface area contributed by atoms with Gasteiger partial charge in [-0.1, -0.05) is 0 Å². The average molecular weight is 269 g/mol. The highest BCUT2D eigenvalue weighted by atomic mass is 16.5. The standard InChI is InChI=1S/C13H23N3O3/c1-9-11(4-3-6-14-9)12(17)16-7-5-10(8-16)15-13(18)19-2/h9-11,14H,3-8H2,1-2H3,(H,15,18). The minimum atomic E-state index is -0.424. The van der Waals surface area contributed by atoms with E-state index >= 15 is 0 Å². The Morgan fingerprint density at radius 3 is 2.84 bits per heavy atom. The first-order valence-corrected chi connectivity index (χ1v) is 6.98. The van der Waals surface area contributed by atoms with Crippen LogP contribution in [-0.4, -0.2) is 55.7 Å². The maximum Gasteiger partial charge on any atom is 0.407 e. The number of ether oxygens (including phenoxy) is 1. The highest BCUT2D eigenvalue weighted by molar-refractivity contribution is 5.80. The molecule has 0 aromatic heterocycles. The fourth-order valence-electron chi connectivity index (χ4n) is 2.92. The molecular weight excluding hydrogens is 246 g/mol. The molecule has 2 rings (SSSR count). The quantitative estimate of drug-likeness (QED) is 0.758. The summed E-state index contributed by atoms with van der Waals surface area (Å²) >= 11 is 0. The van der Waals surface area contributed by atoms with Crippen LogP contribution in [0.3, 0.4) is 0 Å². The lowest BCUT2D eigenvalue weighted by atomic mass is 9.91. The first-order chi connectivity index (χ1) is 9.11. The van der Waals surface area contributed by atoms with Gasteiger partial charge in [-0.2, -0.15) is 0 Å². The van der Waals surface area contributed by atoms with Gasteiger partial charge in [-0.05, 0) is 32.7 Å². The number of methoxy groups -OCH3 is 1. The van der Waals surface area contributed by atoms with Gasteiger partial charge < -0.3 is 20.3 Å². The monoisotopic (exact) mass is 269 g/mol. The van der Waals surface area contributed by atoms with E-state index in [2.05, 4.69) is 22.3 Å². The van der Waals surface area contributed by atoms with E-state index in [0.717, 1.165) is 32.4 Å². The van der Waals surface area contributed by atoms with Gasteiger partial charge in [0, 0.05) is 19.1 Å².